The predicted octanol–water partition coefficient (Wildman–Crippen LogP) is -0.514. The van der Waals surface area contributed by atoms with E-state index in [9.17, 15) is 24.3 Å². The standard InChI is InChI=1S/C22H32N6O5/c23-10-4-3-6-15(24)20(30)28-18(11-13-12-26-16-7-2-1-5-14(13)16)21(31)27-17(22(32)33)8-9-19(25)29/h1-2,5,7,12,15,17-18,26H,3-4,6,8-11,23-24H2,(H2,25,29)(H,27,31)(H,28,30)(H,32,33). The molecule has 0 bridgehead atoms. The summed E-state index contributed by atoms with van der Waals surface area (Å²) in [7, 11) is 0. The van der Waals surface area contributed by atoms with Crippen molar-refractivity contribution in [3.8, 4) is 0 Å². The molecule has 11 heteroatoms. The Bertz CT molecular complexity index is 975. The number of nitrogens with two attached hydrogens (primary N) is 3. The summed E-state index contributed by atoms with van der Waals surface area (Å²) >= 11 is 0. The third-order valence-corrected chi connectivity index (χ3v) is 5.33. The summed E-state index contributed by atoms with van der Waals surface area (Å²) in [4.78, 5) is 51.4. The molecule has 33 heavy (non-hydrogen) atoms. The molecular formula is C22H32N6O5. The van der Waals surface area contributed by atoms with Crippen LogP contribution < -0.4 is 27.8 Å². The van der Waals surface area contributed by atoms with Gasteiger partial charge in [0.05, 0.1) is 6.04 Å². The van der Waals surface area contributed by atoms with E-state index in [1.807, 2.05) is 24.3 Å². The molecule has 0 saturated heterocycles. The Kier molecular flexibility index (Phi) is 9.83. The third-order valence-electron chi connectivity index (χ3n) is 5.33. The van der Waals surface area contributed by atoms with Gasteiger partial charge in [-0.3, -0.25) is 14.4 Å². The lowest BCUT2D eigenvalue weighted by molar-refractivity contribution is -0.142. The van der Waals surface area contributed by atoms with Crippen LogP contribution in [0, 0.1) is 0 Å². The normalized spacial score (nSPS) is 13.8. The number of carbonyl (C=O) groups is 4. The Balaban J connectivity index is 2.19. The van der Waals surface area contributed by atoms with Crippen LogP contribution in [0.5, 0.6) is 0 Å². The van der Waals surface area contributed by atoms with Crippen LogP contribution in [-0.4, -0.2) is 58.5 Å². The molecule has 0 spiro atoms. The first-order valence-electron chi connectivity index (χ1n) is 10.9. The van der Waals surface area contributed by atoms with Gasteiger partial charge in [0, 0.05) is 29.9 Å². The summed E-state index contributed by atoms with van der Waals surface area (Å²) in [5, 5.41) is 15.3. The molecule has 1 aromatic carbocycles. The van der Waals surface area contributed by atoms with Gasteiger partial charge in [0.25, 0.3) is 0 Å². The lowest BCUT2D eigenvalue weighted by Gasteiger charge is -2.23. The van der Waals surface area contributed by atoms with Crippen LogP contribution in [0.1, 0.15) is 37.7 Å². The molecule has 1 heterocycles. The van der Waals surface area contributed by atoms with Gasteiger partial charge in [-0.2, -0.15) is 0 Å². The monoisotopic (exact) mass is 460 g/mol. The minimum atomic E-state index is -1.33. The molecule has 3 unspecified atom stereocenters. The van der Waals surface area contributed by atoms with Crippen molar-refractivity contribution in [1.82, 2.24) is 15.6 Å². The average molecular weight is 461 g/mol. The highest BCUT2D eigenvalue weighted by Gasteiger charge is 2.29. The van der Waals surface area contributed by atoms with Crippen molar-refractivity contribution in [2.45, 2.75) is 56.7 Å². The fourth-order valence-electron chi connectivity index (χ4n) is 3.46. The fourth-order valence-corrected chi connectivity index (χ4v) is 3.46. The second-order valence-electron chi connectivity index (χ2n) is 7.92. The number of unbranched alkanes of at least 4 members (excludes halogenated alkanes) is 1. The molecule has 180 valence electrons. The van der Waals surface area contributed by atoms with Gasteiger partial charge >= 0.3 is 5.97 Å². The lowest BCUT2D eigenvalue weighted by Crippen LogP contribution is -2.55. The number of amides is 3. The molecule has 0 aliphatic carbocycles. The maximum atomic E-state index is 13.0. The quantitative estimate of drug-likeness (QED) is 0.183. The smallest absolute Gasteiger partial charge is 0.326 e. The first-order chi connectivity index (χ1) is 15.7. The van der Waals surface area contributed by atoms with E-state index in [1.54, 1.807) is 6.20 Å². The number of rotatable bonds is 14. The summed E-state index contributed by atoms with van der Waals surface area (Å²) in [5.41, 5.74) is 18.2. The van der Waals surface area contributed by atoms with Crippen LogP contribution in [0.15, 0.2) is 30.5 Å². The van der Waals surface area contributed by atoms with Crippen molar-refractivity contribution >= 4 is 34.6 Å². The molecule has 0 aliphatic heterocycles. The van der Waals surface area contributed by atoms with E-state index in [0.29, 0.717) is 19.4 Å². The molecule has 0 fully saturated rings. The van der Waals surface area contributed by atoms with Crippen molar-refractivity contribution in [3.63, 3.8) is 0 Å². The van der Waals surface area contributed by atoms with E-state index in [-0.39, 0.29) is 19.3 Å². The van der Waals surface area contributed by atoms with Crippen molar-refractivity contribution in [3.05, 3.63) is 36.0 Å². The number of primary amides is 1. The summed E-state index contributed by atoms with van der Waals surface area (Å²) in [6.45, 7) is 0.488. The number of aromatic amines is 1. The number of aromatic nitrogens is 1. The van der Waals surface area contributed by atoms with E-state index in [1.165, 1.54) is 0 Å². The lowest BCUT2D eigenvalue weighted by atomic mass is 10.0. The SMILES string of the molecule is NCCCCC(N)C(=O)NC(Cc1c[nH]c2ccccc12)C(=O)NC(CCC(N)=O)C(=O)O. The maximum absolute atomic E-state index is 13.0. The van der Waals surface area contributed by atoms with E-state index in [2.05, 4.69) is 15.6 Å². The fraction of sp³-hybridized carbons (Fsp3) is 0.455. The van der Waals surface area contributed by atoms with Gasteiger partial charge in [0.1, 0.15) is 12.1 Å². The van der Waals surface area contributed by atoms with E-state index in [4.69, 9.17) is 17.2 Å². The van der Waals surface area contributed by atoms with Crippen LogP contribution in [0.2, 0.25) is 0 Å². The van der Waals surface area contributed by atoms with E-state index in [0.717, 1.165) is 22.9 Å². The second-order valence-corrected chi connectivity index (χ2v) is 7.92. The van der Waals surface area contributed by atoms with Crippen LogP contribution in [0.25, 0.3) is 10.9 Å². The molecule has 2 rings (SSSR count). The van der Waals surface area contributed by atoms with E-state index >= 15 is 0 Å². The van der Waals surface area contributed by atoms with Crippen molar-refractivity contribution in [1.29, 1.82) is 0 Å². The minimum absolute atomic E-state index is 0.110. The number of hydrogen-bond donors (Lipinski definition) is 7. The number of aliphatic carboxylic acids is 1. The van der Waals surface area contributed by atoms with E-state index < -0.39 is 41.8 Å². The number of nitrogens with one attached hydrogen (secondary N) is 3. The van der Waals surface area contributed by atoms with Gasteiger partial charge < -0.3 is 37.9 Å². The molecule has 3 amide bonds. The van der Waals surface area contributed by atoms with Gasteiger partial charge in [-0.25, -0.2) is 4.79 Å². The van der Waals surface area contributed by atoms with Crippen LogP contribution >= 0.6 is 0 Å². The molecule has 2 aromatic rings. The number of fused-ring (bicyclic) bond motifs is 1. The summed E-state index contributed by atoms with van der Waals surface area (Å²) in [6.07, 6.45) is 3.27. The van der Waals surface area contributed by atoms with Crippen molar-refractivity contribution < 1.29 is 24.3 Å². The number of carboxylic acid groups (broad SMARTS) is 1. The maximum Gasteiger partial charge on any atom is 0.326 e. The number of hydrogen-bond acceptors (Lipinski definition) is 6. The van der Waals surface area contributed by atoms with Crippen molar-refractivity contribution in [2.24, 2.45) is 17.2 Å². The highest BCUT2D eigenvalue weighted by Crippen LogP contribution is 2.19. The molecule has 1 aromatic heterocycles. The first kappa shape index (κ1) is 25.8. The average Bonchev–Trinajstić information content (AvgIpc) is 3.18. The predicted molar refractivity (Wildman–Crippen MR) is 123 cm³/mol. The molecule has 0 radical (unpaired) electrons. The molecule has 0 saturated carbocycles. The van der Waals surface area contributed by atoms with Crippen molar-refractivity contribution in [2.75, 3.05) is 6.54 Å². The summed E-state index contributed by atoms with van der Waals surface area (Å²) < 4.78 is 0. The van der Waals surface area contributed by atoms with Gasteiger partial charge in [0.15, 0.2) is 0 Å². The molecule has 11 nitrogen and oxygen atoms in total. The number of carbonyl (C=O) groups excluding carboxylic acids is 3. The first-order valence-corrected chi connectivity index (χ1v) is 10.9. The number of carboxylic acids is 1. The zero-order valence-corrected chi connectivity index (χ0v) is 18.4. The largest absolute Gasteiger partial charge is 0.480 e. The highest BCUT2D eigenvalue weighted by atomic mass is 16.4. The van der Waals surface area contributed by atoms with Gasteiger partial charge in [0.2, 0.25) is 17.7 Å². The van der Waals surface area contributed by atoms with Gasteiger partial charge in [-0.05, 0) is 37.4 Å². The minimum Gasteiger partial charge on any atom is -0.480 e. The zero-order chi connectivity index (χ0) is 24.4. The van der Waals surface area contributed by atoms with Crippen LogP contribution in [-0.2, 0) is 25.6 Å². The van der Waals surface area contributed by atoms with Gasteiger partial charge in [-0.1, -0.05) is 24.6 Å². The molecular weight excluding hydrogens is 428 g/mol. The number of para-hydroxylation sites is 1. The summed E-state index contributed by atoms with van der Waals surface area (Å²) in [5.74, 6) is -3.20. The topological polar surface area (TPSA) is 206 Å². The second kappa shape index (κ2) is 12.6. The zero-order valence-electron chi connectivity index (χ0n) is 18.4. The number of benzene rings is 1. The van der Waals surface area contributed by atoms with Gasteiger partial charge in [-0.15, -0.1) is 0 Å². The number of H-pyrrole nitrogens is 1. The Labute approximate surface area is 191 Å². The highest BCUT2D eigenvalue weighted by molar-refractivity contribution is 5.93. The molecule has 3 atom stereocenters. The Morgan fingerprint density at radius 2 is 1.70 bits per heavy atom. The third kappa shape index (κ3) is 7.88. The molecule has 0 aliphatic rings. The Morgan fingerprint density at radius 3 is 2.36 bits per heavy atom. The van der Waals surface area contributed by atoms with Crippen LogP contribution in [0.3, 0.4) is 0 Å². The summed E-state index contributed by atoms with van der Waals surface area (Å²) in [6, 6.07) is 4.24. The Morgan fingerprint density at radius 1 is 1.00 bits per heavy atom. The van der Waals surface area contributed by atoms with Crippen LogP contribution in [0.4, 0.5) is 0 Å². The Hall–Kier alpha value is -3.44. The molecule has 10 N–H and O–H groups in total.